The average molecular weight is 341 g/mol. The number of nitrogens with one attached hydrogen (secondary N) is 3. The van der Waals surface area contributed by atoms with Gasteiger partial charge < -0.3 is 16.0 Å². The lowest BCUT2D eigenvalue weighted by molar-refractivity contribution is -0.120. The molecule has 0 aromatic rings. The normalized spacial score (nSPS) is 8.92. The van der Waals surface area contributed by atoms with Gasteiger partial charge in [0.1, 0.15) is 0 Å². The van der Waals surface area contributed by atoms with E-state index in [2.05, 4.69) is 29.5 Å². The molecule has 0 aromatic carbocycles. The van der Waals surface area contributed by atoms with Gasteiger partial charge in [-0.15, -0.1) is 0 Å². The van der Waals surface area contributed by atoms with Crippen LogP contribution in [0.1, 0.15) is 52.9 Å². The Hall–Kier alpha value is -2.11. The second kappa shape index (κ2) is 20.9. The van der Waals surface area contributed by atoms with E-state index in [-0.39, 0.29) is 17.7 Å². The first-order valence-electron chi connectivity index (χ1n) is 8.23. The molecule has 6 nitrogen and oxygen atoms in total. The third kappa shape index (κ3) is 24.9. The minimum Gasteiger partial charge on any atom is -0.359 e. The van der Waals surface area contributed by atoms with Crippen LogP contribution in [0.25, 0.3) is 0 Å². The number of carbonyl (C=O) groups is 3. The van der Waals surface area contributed by atoms with Crippen LogP contribution >= 0.6 is 0 Å². The number of hydrogen-bond donors (Lipinski definition) is 3. The maximum Gasteiger partial charge on any atom is 0.246 e. The molecule has 0 atom stereocenters. The van der Waals surface area contributed by atoms with Crippen molar-refractivity contribution in [2.75, 3.05) is 21.1 Å². The Morgan fingerprint density at radius 2 is 1.54 bits per heavy atom. The van der Waals surface area contributed by atoms with Gasteiger partial charge in [0.05, 0.1) is 0 Å². The van der Waals surface area contributed by atoms with Crippen molar-refractivity contribution in [2.45, 2.75) is 52.9 Å². The zero-order valence-electron chi connectivity index (χ0n) is 16.1. The summed E-state index contributed by atoms with van der Waals surface area (Å²) in [5, 5.41) is 7.47. The number of carbonyl (C=O) groups excluding carboxylic acids is 3. The molecule has 0 fully saturated rings. The van der Waals surface area contributed by atoms with Gasteiger partial charge in [0, 0.05) is 33.1 Å². The maximum absolute atomic E-state index is 10.7. The second-order valence-corrected chi connectivity index (χ2v) is 4.96. The zero-order valence-corrected chi connectivity index (χ0v) is 16.1. The van der Waals surface area contributed by atoms with Gasteiger partial charge in [-0.05, 0) is 26.3 Å². The third-order valence-electron chi connectivity index (χ3n) is 2.72. The summed E-state index contributed by atoms with van der Waals surface area (Å²) in [5.41, 5.74) is 0.544. The van der Waals surface area contributed by atoms with Crippen molar-refractivity contribution in [2.24, 2.45) is 0 Å². The van der Waals surface area contributed by atoms with Crippen molar-refractivity contribution in [3.05, 3.63) is 24.3 Å². The summed E-state index contributed by atoms with van der Waals surface area (Å²) in [5.74, 6) is 0.0126. The van der Waals surface area contributed by atoms with Gasteiger partial charge >= 0.3 is 0 Å². The molecule has 140 valence electrons. The first-order valence-corrected chi connectivity index (χ1v) is 8.23. The van der Waals surface area contributed by atoms with Crippen LogP contribution in [0.5, 0.6) is 0 Å². The van der Waals surface area contributed by atoms with E-state index in [1.807, 2.05) is 0 Å². The summed E-state index contributed by atoms with van der Waals surface area (Å²) >= 11 is 0. The molecule has 0 saturated heterocycles. The monoisotopic (exact) mass is 341 g/mol. The molecule has 0 heterocycles. The topological polar surface area (TPSA) is 87.3 Å². The molecule has 0 rings (SSSR count). The lowest BCUT2D eigenvalue weighted by Gasteiger charge is -1.97. The first kappa shape index (κ1) is 26.8. The van der Waals surface area contributed by atoms with E-state index in [4.69, 9.17) is 0 Å². The van der Waals surface area contributed by atoms with Crippen molar-refractivity contribution in [3.63, 3.8) is 0 Å². The Morgan fingerprint density at radius 1 is 0.958 bits per heavy atom. The highest BCUT2D eigenvalue weighted by Crippen LogP contribution is 2.01. The van der Waals surface area contributed by atoms with E-state index < -0.39 is 0 Å². The van der Waals surface area contributed by atoms with E-state index in [1.54, 1.807) is 41.1 Å². The van der Waals surface area contributed by atoms with Crippen LogP contribution in [0.15, 0.2) is 24.3 Å². The first-order chi connectivity index (χ1) is 11.3. The van der Waals surface area contributed by atoms with Gasteiger partial charge in [0.2, 0.25) is 17.7 Å². The number of allylic oxidation sites excluding steroid dienone is 1. The fourth-order valence-electron chi connectivity index (χ4n) is 1.29. The van der Waals surface area contributed by atoms with Crippen molar-refractivity contribution >= 4 is 17.7 Å². The molecule has 0 aliphatic rings. The summed E-state index contributed by atoms with van der Waals surface area (Å²) in [7, 11) is 4.86. The van der Waals surface area contributed by atoms with Gasteiger partial charge in [-0.1, -0.05) is 38.8 Å². The van der Waals surface area contributed by atoms with Crippen molar-refractivity contribution < 1.29 is 14.4 Å². The maximum atomic E-state index is 10.7. The van der Waals surface area contributed by atoms with Crippen LogP contribution in [0.3, 0.4) is 0 Å². The summed E-state index contributed by atoms with van der Waals surface area (Å²) in [6.07, 6.45) is 8.55. The summed E-state index contributed by atoms with van der Waals surface area (Å²) < 4.78 is 0. The van der Waals surface area contributed by atoms with Crippen LogP contribution in [0.2, 0.25) is 0 Å². The number of likely N-dealkylation sites (N-methyl/N-ethyl adjacent to an activating group) is 2. The number of hydrogen-bond acceptors (Lipinski definition) is 3. The highest BCUT2D eigenvalue weighted by atomic mass is 16.2. The number of amides is 3. The van der Waals surface area contributed by atoms with Gasteiger partial charge in [-0.2, -0.15) is 0 Å². The van der Waals surface area contributed by atoms with Crippen molar-refractivity contribution in [3.8, 4) is 0 Å². The SMILES string of the molecule is C=C(C)C(=O)NC.CC=CC(=O)NC.CCCCCCC(=O)NC. The molecule has 0 unspecified atom stereocenters. The molecule has 3 amide bonds. The molecular weight excluding hydrogens is 306 g/mol. The number of unbranched alkanes of at least 4 members (excludes halogenated alkanes) is 3. The molecule has 0 saturated carbocycles. The zero-order chi connectivity index (χ0) is 19.4. The number of rotatable bonds is 7. The standard InChI is InChI=1S/C8H17NO.2C5H9NO/c1-3-4-5-6-7-8(10)9-2;1-4(2)5(7)6-3;1-3-4-5(7)6-2/h3-7H2,1-2H3,(H,9,10);1H2,2-3H3,(H,6,7);3-4H,1-2H3,(H,6,7). The molecule has 6 heteroatoms. The fourth-order valence-corrected chi connectivity index (χ4v) is 1.29. The fraction of sp³-hybridized carbons (Fsp3) is 0.611. The summed E-state index contributed by atoms with van der Waals surface area (Å²) in [6.45, 7) is 9.05. The Morgan fingerprint density at radius 3 is 1.79 bits per heavy atom. The van der Waals surface area contributed by atoms with Crippen LogP contribution in [-0.2, 0) is 14.4 Å². The third-order valence-corrected chi connectivity index (χ3v) is 2.72. The van der Waals surface area contributed by atoms with E-state index >= 15 is 0 Å². The molecule has 3 N–H and O–H groups in total. The van der Waals surface area contributed by atoms with Crippen molar-refractivity contribution in [1.29, 1.82) is 0 Å². The van der Waals surface area contributed by atoms with Gasteiger partial charge in [0.25, 0.3) is 0 Å². The molecule has 0 spiro atoms. The smallest absolute Gasteiger partial charge is 0.246 e. The lowest BCUT2D eigenvalue weighted by Crippen LogP contribution is -2.17. The predicted molar refractivity (Wildman–Crippen MR) is 101 cm³/mol. The molecule has 0 bridgehead atoms. The predicted octanol–water partition coefficient (Wildman–Crippen LogP) is 2.32. The highest BCUT2D eigenvalue weighted by molar-refractivity contribution is 5.91. The molecule has 0 aliphatic heterocycles. The molecule has 0 aromatic heterocycles. The van der Waals surface area contributed by atoms with E-state index in [9.17, 15) is 14.4 Å². The largest absolute Gasteiger partial charge is 0.359 e. The van der Waals surface area contributed by atoms with Crippen LogP contribution in [0, 0.1) is 0 Å². The van der Waals surface area contributed by atoms with Crippen molar-refractivity contribution in [1.82, 2.24) is 16.0 Å². The Kier molecular flexibility index (Phi) is 23.3. The van der Waals surface area contributed by atoms with E-state index in [0.717, 1.165) is 6.42 Å². The second-order valence-electron chi connectivity index (χ2n) is 4.96. The summed E-state index contributed by atoms with van der Waals surface area (Å²) in [6, 6.07) is 0. The minimum atomic E-state index is -0.0972. The Balaban J connectivity index is -0.000000283. The average Bonchev–Trinajstić information content (AvgIpc) is 2.58. The van der Waals surface area contributed by atoms with E-state index in [1.165, 1.54) is 25.3 Å². The van der Waals surface area contributed by atoms with Gasteiger partial charge in [0.15, 0.2) is 0 Å². The van der Waals surface area contributed by atoms with Crippen LogP contribution < -0.4 is 16.0 Å². The molecule has 0 aliphatic carbocycles. The van der Waals surface area contributed by atoms with Gasteiger partial charge in [-0.25, -0.2) is 0 Å². The quantitative estimate of drug-likeness (QED) is 0.490. The summed E-state index contributed by atoms with van der Waals surface area (Å²) in [4.78, 5) is 31.2. The van der Waals surface area contributed by atoms with Crippen LogP contribution in [0.4, 0.5) is 0 Å². The molecule has 24 heavy (non-hydrogen) atoms. The molecular formula is C18H35N3O3. The highest BCUT2D eigenvalue weighted by Gasteiger charge is 1.95. The lowest BCUT2D eigenvalue weighted by atomic mass is 10.1. The Labute approximate surface area is 147 Å². The van der Waals surface area contributed by atoms with Gasteiger partial charge in [-0.3, -0.25) is 14.4 Å². The van der Waals surface area contributed by atoms with Crippen LogP contribution in [-0.4, -0.2) is 38.9 Å². The van der Waals surface area contributed by atoms with E-state index in [0.29, 0.717) is 12.0 Å². The minimum absolute atomic E-state index is 0.0532. The molecule has 0 radical (unpaired) electrons. The Bertz CT molecular complexity index is 391.